The van der Waals surface area contributed by atoms with E-state index < -0.39 is 0 Å². The minimum absolute atomic E-state index is 0.105. The molecular weight excluding hydrogens is 150 g/mol. The molecule has 1 atom stereocenters. The molecule has 0 heterocycles. The Bertz CT molecular complexity index is 229. The minimum atomic E-state index is -0.318. The highest BCUT2D eigenvalue weighted by molar-refractivity contribution is 5.23. The Balaban J connectivity index is 2.95. The summed E-state index contributed by atoms with van der Waals surface area (Å²) in [4.78, 5) is 0. The highest BCUT2D eigenvalue weighted by Crippen LogP contribution is 2.18. The van der Waals surface area contributed by atoms with Gasteiger partial charge in [-0.25, -0.2) is 0 Å². The highest BCUT2D eigenvalue weighted by Gasteiger charge is 2.22. The molecule has 0 aliphatic heterocycles. The van der Waals surface area contributed by atoms with Crippen molar-refractivity contribution >= 4 is 0 Å². The van der Waals surface area contributed by atoms with Crippen molar-refractivity contribution in [2.24, 2.45) is 0 Å². The molecule has 1 aromatic carbocycles. The van der Waals surface area contributed by atoms with E-state index >= 15 is 0 Å². The lowest BCUT2D eigenvalue weighted by Gasteiger charge is -2.27. The van der Waals surface area contributed by atoms with E-state index in [1.54, 1.807) is 0 Å². The first-order chi connectivity index (χ1) is 5.73. The Morgan fingerprint density at radius 2 is 1.92 bits per heavy atom. The van der Waals surface area contributed by atoms with Crippen LogP contribution in [0, 0.1) is 0 Å². The van der Waals surface area contributed by atoms with Crippen LogP contribution < -0.4 is 5.32 Å². The molecule has 0 radical (unpaired) electrons. The molecule has 2 heteroatoms. The van der Waals surface area contributed by atoms with Gasteiger partial charge in [-0.2, -0.15) is 0 Å². The third-order valence-electron chi connectivity index (χ3n) is 2.28. The number of aliphatic hydroxyl groups excluding tert-OH is 1. The Morgan fingerprint density at radius 1 is 1.33 bits per heavy atom. The van der Waals surface area contributed by atoms with Crippen LogP contribution in [0.25, 0.3) is 0 Å². The predicted molar refractivity (Wildman–Crippen MR) is 49.9 cm³/mol. The number of benzene rings is 1. The van der Waals surface area contributed by atoms with Crippen molar-refractivity contribution in [2.45, 2.75) is 12.5 Å². The zero-order valence-corrected chi connectivity index (χ0v) is 7.54. The molecule has 0 unspecified atom stereocenters. The lowest BCUT2D eigenvalue weighted by atomic mass is 9.93. The first kappa shape index (κ1) is 9.23. The summed E-state index contributed by atoms with van der Waals surface area (Å²) >= 11 is 0. The summed E-state index contributed by atoms with van der Waals surface area (Å²) in [6.07, 6.45) is 0. The molecule has 0 aliphatic rings. The Labute approximate surface area is 73.2 Å². The quantitative estimate of drug-likeness (QED) is 0.703. The number of hydrogen-bond donors (Lipinski definition) is 2. The predicted octanol–water partition coefficient (Wildman–Crippen LogP) is 1.11. The number of aliphatic hydroxyl groups is 1. The number of rotatable bonds is 3. The maximum absolute atomic E-state index is 9.18. The van der Waals surface area contributed by atoms with Gasteiger partial charge in [-0.1, -0.05) is 30.3 Å². The molecule has 66 valence electrons. The van der Waals surface area contributed by atoms with Crippen molar-refractivity contribution in [2.75, 3.05) is 13.7 Å². The van der Waals surface area contributed by atoms with Gasteiger partial charge in [-0.05, 0) is 19.5 Å². The Morgan fingerprint density at radius 3 is 2.33 bits per heavy atom. The van der Waals surface area contributed by atoms with Gasteiger partial charge in [0.05, 0.1) is 12.1 Å². The lowest BCUT2D eigenvalue weighted by Crippen LogP contribution is -2.40. The van der Waals surface area contributed by atoms with E-state index in [-0.39, 0.29) is 12.1 Å². The largest absolute Gasteiger partial charge is 0.394 e. The van der Waals surface area contributed by atoms with Crippen molar-refractivity contribution in [3.05, 3.63) is 35.9 Å². The molecule has 0 amide bonds. The van der Waals surface area contributed by atoms with Crippen LogP contribution in [0.3, 0.4) is 0 Å². The summed E-state index contributed by atoms with van der Waals surface area (Å²) < 4.78 is 0. The van der Waals surface area contributed by atoms with E-state index in [4.69, 9.17) is 0 Å². The average molecular weight is 165 g/mol. The molecule has 0 spiro atoms. The van der Waals surface area contributed by atoms with Crippen LogP contribution in [-0.4, -0.2) is 18.8 Å². The second-order valence-corrected chi connectivity index (χ2v) is 3.11. The molecule has 0 aromatic heterocycles. The monoisotopic (exact) mass is 165 g/mol. The second-order valence-electron chi connectivity index (χ2n) is 3.11. The molecule has 0 fully saturated rings. The number of nitrogens with one attached hydrogen (secondary N) is 1. The standard InChI is InChI=1S/C10H15NO/c1-10(8-12,11-2)9-6-4-3-5-7-9/h3-7,11-12H,8H2,1-2H3/t10-/m1/s1. The van der Waals surface area contributed by atoms with Crippen molar-refractivity contribution in [3.63, 3.8) is 0 Å². The van der Waals surface area contributed by atoms with Crippen molar-refractivity contribution in [1.29, 1.82) is 0 Å². The third-order valence-corrected chi connectivity index (χ3v) is 2.28. The fourth-order valence-corrected chi connectivity index (χ4v) is 1.12. The van der Waals surface area contributed by atoms with Crippen molar-refractivity contribution in [1.82, 2.24) is 5.32 Å². The van der Waals surface area contributed by atoms with E-state index in [1.165, 1.54) is 0 Å². The van der Waals surface area contributed by atoms with Crippen LogP contribution in [-0.2, 0) is 5.54 Å². The zero-order chi connectivity index (χ0) is 9.03. The summed E-state index contributed by atoms with van der Waals surface area (Å²) in [5.74, 6) is 0. The normalized spacial score (nSPS) is 15.6. The van der Waals surface area contributed by atoms with Crippen LogP contribution in [0.5, 0.6) is 0 Å². The Hall–Kier alpha value is -0.860. The Kier molecular flexibility index (Phi) is 2.84. The van der Waals surface area contributed by atoms with E-state index in [0.29, 0.717) is 0 Å². The van der Waals surface area contributed by atoms with E-state index in [1.807, 2.05) is 44.3 Å². The fourth-order valence-electron chi connectivity index (χ4n) is 1.12. The molecule has 12 heavy (non-hydrogen) atoms. The summed E-state index contributed by atoms with van der Waals surface area (Å²) in [6, 6.07) is 9.93. The lowest BCUT2D eigenvalue weighted by molar-refractivity contribution is 0.183. The molecule has 0 aliphatic carbocycles. The molecule has 0 bridgehead atoms. The summed E-state index contributed by atoms with van der Waals surface area (Å²) in [5, 5.41) is 12.3. The van der Waals surface area contributed by atoms with Crippen LogP contribution in [0.2, 0.25) is 0 Å². The summed E-state index contributed by atoms with van der Waals surface area (Å²) in [7, 11) is 1.85. The second kappa shape index (κ2) is 3.70. The number of likely N-dealkylation sites (N-methyl/N-ethyl adjacent to an activating group) is 1. The smallest absolute Gasteiger partial charge is 0.0652 e. The van der Waals surface area contributed by atoms with Gasteiger partial charge in [-0.15, -0.1) is 0 Å². The molecule has 0 saturated heterocycles. The van der Waals surface area contributed by atoms with Gasteiger partial charge < -0.3 is 10.4 Å². The minimum Gasteiger partial charge on any atom is -0.394 e. The first-order valence-corrected chi connectivity index (χ1v) is 4.08. The summed E-state index contributed by atoms with van der Waals surface area (Å²) in [6.45, 7) is 2.08. The molecule has 2 N–H and O–H groups in total. The average Bonchev–Trinajstić information content (AvgIpc) is 2.18. The van der Waals surface area contributed by atoms with Gasteiger partial charge in [0.1, 0.15) is 0 Å². The summed E-state index contributed by atoms with van der Waals surface area (Å²) in [5.41, 5.74) is 0.788. The van der Waals surface area contributed by atoms with Crippen molar-refractivity contribution in [3.8, 4) is 0 Å². The van der Waals surface area contributed by atoms with Crippen LogP contribution in [0.1, 0.15) is 12.5 Å². The van der Waals surface area contributed by atoms with E-state index in [9.17, 15) is 5.11 Å². The molecule has 1 rings (SSSR count). The van der Waals surface area contributed by atoms with Gasteiger partial charge in [0, 0.05) is 0 Å². The molecule has 0 saturated carbocycles. The van der Waals surface area contributed by atoms with Crippen LogP contribution in [0.4, 0.5) is 0 Å². The third kappa shape index (κ3) is 1.65. The van der Waals surface area contributed by atoms with Gasteiger partial charge in [0.15, 0.2) is 0 Å². The maximum Gasteiger partial charge on any atom is 0.0652 e. The van der Waals surface area contributed by atoms with Crippen LogP contribution >= 0.6 is 0 Å². The van der Waals surface area contributed by atoms with E-state index in [0.717, 1.165) is 5.56 Å². The molecule has 2 nitrogen and oxygen atoms in total. The highest BCUT2D eigenvalue weighted by atomic mass is 16.3. The SMILES string of the molecule is CN[C@](C)(CO)c1ccccc1. The first-order valence-electron chi connectivity index (χ1n) is 4.08. The van der Waals surface area contributed by atoms with Crippen LogP contribution in [0.15, 0.2) is 30.3 Å². The van der Waals surface area contributed by atoms with Gasteiger partial charge in [0.25, 0.3) is 0 Å². The van der Waals surface area contributed by atoms with Gasteiger partial charge >= 0.3 is 0 Å². The fraction of sp³-hybridized carbons (Fsp3) is 0.400. The van der Waals surface area contributed by atoms with Gasteiger partial charge in [-0.3, -0.25) is 0 Å². The van der Waals surface area contributed by atoms with Crippen molar-refractivity contribution < 1.29 is 5.11 Å². The van der Waals surface area contributed by atoms with E-state index in [2.05, 4.69) is 5.32 Å². The zero-order valence-electron chi connectivity index (χ0n) is 7.54. The van der Waals surface area contributed by atoms with Gasteiger partial charge in [0.2, 0.25) is 0 Å². The maximum atomic E-state index is 9.18. The number of hydrogen-bond acceptors (Lipinski definition) is 2. The topological polar surface area (TPSA) is 32.3 Å². The molecular formula is C10H15NO. The molecule has 1 aromatic rings.